The highest BCUT2D eigenvalue weighted by Crippen LogP contribution is 2.25. The fourth-order valence-electron chi connectivity index (χ4n) is 2.07. The molecule has 14 heavy (non-hydrogen) atoms. The zero-order valence-electron chi connectivity index (χ0n) is 9.01. The summed E-state index contributed by atoms with van der Waals surface area (Å²) in [6.07, 6.45) is 2.49. The van der Waals surface area contributed by atoms with Gasteiger partial charge in [-0.15, -0.1) is 0 Å². The van der Waals surface area contributed by atoms with Crippen molar-refractivity contribution in [2.24, 2.45) is 0 Å². The fraction of sp³-hybridized carbons (Fsp3) is 0.500. The molecule has 0 bridgehead atoms. The molecule has 0 saturated heterocycles. The third-order valence-corrected chi connectivity index (χ3v) is 2.68. The quantitative estimate of drug-likeness (QED) is 0.768. The Bertz CT molecular complexity index is 318. The first kappa shape index (κ1) is 9.53. The topological polar surface area (TPSA) is 15.3 Å². The van der Waals surface area contributed by atoms with Crippen LogP contribution in [-0.4, -0.2) is 25.5 Å². The Kier molecular flexibility index (Phi) is 2.73. The predicted molar refractivity (Wildman–Crippen MR) is 60.6 cm³/mol. The number of hydrogen-bond donors (Lipinski definition) is 1. The summed E-state index contributed by atoms with van der Waals surface area (Å²) < 4.78 is 0. The fourth-order valence-corrected chi connectivity index (χ4v) is 2.07. The first-order valence-corrected chi connectivity index (χ1v) is 5.27. The highest BCUT2D eigenvalue weighted by atomic mass is 15.0. The lowest BCUT2D eigenvalue weighted by Gasteiger charge is -2.22. The van der Waals surface area contributed by atoms with Crippen LogP contribution < -0.4 is 5.32 Å². The van der Waals surface area contributed by atoms with Crippen LogP contribution in [0.15, 0.2) is 18.2 Å². The van der Waals surface area contributed by atoms with E-state index >= 15 is 0 Å². The number of hydrogen-bond acceptors (Lipinski definition) is 2. The lowest BCUT2D eigenvalue weighted by atomic mass is 9.97. The van der Waals surface area contributed by atoms with E-state index in [1.165, 1.54) is 29.7 Å². The maximum Gasteiger partial charge on any atom is 0.0375 e. The van der Waals surface area contributed by atoms with Gasteiger partial charge in [-0.3, -0.25) is 0 Å². The first-order valence-electron chi connectivity index (χ1n) is 5.27. The van der Waals surface area contributed by atoms with Gasteiger partial charge in [-0.2, -0.15) is 0 Å². The number of nitrogens with zero attached hydrogens (tertiary/aromatic N) is 1. The molecule has 2 rings (SSSR count). The Morgan fingerprint density at radius 2 is 2.21 bits per heavy atom. The van der Waals surface area contributed by atoms with Crippen molar-refractivity contribution in [1.82, 2.24) is 4.90 Å². The molecule has 0 atom stereocenters. The van der Waals surface area contributed by atoms with E-state index in [-0.39, 0.29) is 0 Å². The van der Waals surface area contributed by atoms with E-state index in [4.69, 9.17) is 0 Å². The van der Waals surface area contributed by atoms with Crippen LogP contribution in [0, 0.1) is 0 Å². The van der Waals surface area contributed by atoms with Crippen molar-refractivity contribution in [3.63, 3.8) is 0 Å². The van der Waals surface area contributed by atoms with E-state index in [9.17, 15) is 0 Å². The van der Waals surface area contributed by atoms with Crippen molar-refractivity contribution >= 4 is 5.69 Å². The van der Waals surface area contributed by atoms with E-state index in [1.54, 1.807) is 0 Å². The van der Waals surface area contributed by atoms with Gasteiger partial charge in [0.2, 0.25) is 0 Å². The van der Waals surface area contributed by atoms with Crippen LogP contribution in [0.1, 0.15) is 17.5 Å². The van der Waals surface area contributed by atoms with Crippen LogP contribution in [0.25, 0.3) is 0 Å². The zero-order chi connectivity index (χ0) is 9.97. The molecule has 2 heteroatoms. The molecule has 1 aliphatic heterocycles. The predicted octanol–water partition coefficient (Wildman–Crippen LogP) is 2.11. The average molecular weight is 190 g/mol. The van der Waals surface area contributed by atoms with E-state index in [0.717, 1.165) is 13.1 Å². The number of fused-ring (bicyclic) bond motifs is 1. The smallest absolute Gasteiger partial charge is 0.0375 e. The average Bonchev–Trinajstić information content (AvgIpc) is 2.18. The molecule has 0 saturated carbocycles. The minimum atomic E-state index is 1.05. The molecular weight excluding hydrogens is 172 g/mol. The van der Waals surface area contributed by atoms with Gasteiger partial charge in [-0.05, 0) is 44.1 Å². The van der Waals surface area contributed by atoms with Crippen molar-refractivity contribution < 1.29 is 0 Å². The van der Waals surface area contributed by atoms with Gasteiger partial charge in [-0.1, -0.05) is 12.1 Å². The second kappa shape index (κ2) is 4.01. The van der Waals surface area contributed by atoms with Crippen molar-refractivity contribution in [3.8, 4) is 0 Å². The normalized spacial score (nSPS) is 15.1. The largest absolute Gasteiger partial charge is 0.385 e. The summed E-state index contributed by atoms with van der Waals surface area (Å²) in [4.78, 5) is 2.23. The molecule has 1 aliphatic rings. The lowest BCUT2D eigenvalue weighted by Crippen LogP contribution is -2.17. The lowest BCUT2D eigenvalue weighted by molar-refractivity contribution is 0.400. The Morgan fingerprint density at radius 1 is 1.36 bits per heavy atom. The Morgan fingerprint density at radius 3 is 3.00 bits per heavy atom. The number of nitrogens with one attached hydrogen (secondary N) is 1. The van der Waals surface area contributed by atoms with Crippen molar-refractivity contribution in [2.45, 2.75) is 19.4 Å². The van der Waals surface area contributed by atoms with Crippen LogP contribution in [0.4, 0.5) is 5.69 Å². The summed E-state index contributed by atoms with van der Waals surface area (Å²) >= 11 is 0. The Hall–Kier alpha value is -1.02. The van der Waals surface area contributed by atoms with Crippen molar-refractivity contribution in [1.29, 1.82) is 0 Å². The summed E-state index contributed by atoms with van der Waals surface area (Å²) in [5, 5.41) is 3.46. The monoisotopic (exact) mass is 190 g/mol. The summed E-state index contributed by atoms with van der Waals surface area (Å²) in [5.74, 6) is 0. The minimum Gasteiger partial charge on any atom is -0.385 e. The highest BCUT2D eigenvalue weighted by Gasteiger charge is 2.12. The molecule has 0 spiro atoms. The molecule has 1 heterocycles. The molecular formula is C12H18N2. The van der Waals surface area contributed by atoms with Gasteiger partial charge in [0.25, 0.3) is 0 Å². The number of rotatable bonds is 2. The zero-order valence-corrected chi connectivity index (χ0v) is 9.01. The summed E-state index contributed by atoms with van der Waals surface area (Å²) in [5.41, 5.74) is 4.34. The molecule has 0 amide bonds. The Labute approximate surface area is 85.9 Å². The number of benzene rings is 1. The van der Waals surface area contributed by atoms with Gasteiger partial charge < -0.3 is 10.2 Å². The third kappa shape index (κ3) is 1.90. The maximum absolute atomic E-state index is 3.46. The van der Waals surface area contributed by atoms with Crippen LogP contribution in [0.2, 0.25) is 0 Å². The molecule has 0 radical (unpaired) electrons. The van der Waals surface area contributed by atoms with Crippen LogP contribution in [0.3, 0.4) is 0 Å². The standard InChI is InChI=1S/C12H18N2/c1-14(2)9-10-5-3-7-12-11(10)6-4-8-13-12/h3,5,7,13H,4,6,8-9H2,1-2H3. The van der Waals surface area contributed by atoms with E-state index in [0.29, 0.717) is 0 Å². The SMILES string of the molecule is CN(C)Cc1cccc2c1CCCN2. The Balaban J connectivity index is 2.30. The maximum atomic E-state index is 3.46. The van der Waals surface area contributed by atoms with Crippen molar-refractivity contribution in [3.05, 3.63) is 29.3 Å². The molecule has 1 N–H and O–H groups in total. The van der Waals surface area contributed by atoms with Crippen LogP contribution >= 0.6 is 0 Å². The molecule has 0 aliphatic carbocycles. The van der Waals surface area contributed by atoms with Gasteiger partial charge >= 0.3 is 0 Å². The molecule has 0 unspecified atom stereocenters. The van der Waals surface area contributed by atoms with E-state index in [2.05, 4.69) is 42.5 Å². The van der Waals surface area contributed by atoms with Gasteiger partial charge in [0.15, 0.2) is 0 Å². The molecule has 1 aromatic rings. The first-order chi connectivity index (χ1) is 6.77. The second-order valence-electron chi connectivity index (χ2n) is 4.21. The minimum absolute atomic E-state index is 1.05. The summed E-state index contributed by atoms with van der Waals surface area (Å²) in [7, 11) is 4.24. The summed E-state index contributed by atoms with van der Waals surface area (Å²) in [6, 6.07) is 6.58. The molecule has 2 nitrogen and oxygen atoms in total. The van der Waals surface area contributed by atoms with Gasteiger partial charge in [0.1, 0.15) is 0 Å². The molecule has 1 aromatic carbocycles. The molecule has 0 fully saturated rings. The molecule has 0 aromatic heterocycles. The van der Waals surface area contributed by atoms with E-state index < -0.39 is 0 Å². The second-order valence-corrected chi connectivity index (χ2v) is 4.21. The number of anilines is 1. The third-order valence-electron chi connectivity index (χ3n) is 2.68. The van der Waals surface area contributed by atoms with E-state index in [1.807, 2.05) is 0 Å². The van der Waals surface area contributed by atoms with Gasteiger partial charge in [0.05, 0.1) is 0 Å². The summed E-state index contributed by atoms with van der Waals surface area (Å²) in [6.45, 7) is 2.17. The van der Waals surface area contributed by atoms with Gasteiger partial charge in [-0.25, -0.2) is 0 Å². The van der Waals surface area contributed by atoms with Gasteiger partial charge in [0, 0.05) is 18.8 Å². The van der Waals surface area contributed by atoms with Crippen LogP contribution in [-0.2, 0) is 13.0 Å². The highest BCUT2D eigenvalue weighted by molar-refractivity contribution is 5.56. The van der Waals surface area contributed by atoms with Crippen molar-refractivity contribution in [2.75, 3.05) is 26.0 Å². The van der Waals surface area contributed by atoms with Crippen LogP contribution in [0.5, 0.6) is 0 Å². The molecule has 76 valence electrons.